The second kappa shape index (κ2) is 10.9. The van der Waals surface area contributed by atoms with E-state index < -0.39 is 0 Å². The van der Waals surface area contributed by atoms with Crippen molar-refractivity contribution in [3.8, 4) is 5.69 Å². The Morgan fingerprint density at radius 1 is 0.895 bits per heavy atom. The first-order valence-electron chi connectivity index (χ1n) is 13.6. The number of benzene rings is 3. The fourth-order valence-electron chi connectivity index (χ4n) is 5.86. The molecule has 2 fully saturated rings. The van der Waals surface area contributed by atoms with Gasteiger partial charge in [0, 0.05) is 48.6 Å². The van der Waals surface area contributed by atoms with Crippen LogP contribution in [0.15, 0.2) is 77.3 Å². The Hall–Kier alpha value is -3.16. The van der Waals surface area contributed by atoms with Crippen LogP contribution in [0.1, 0.15) is 24.2 Å². The van der Waals surface area contributed by atoms with Crippen LogP contribution in [0, 0.1) is 12.8 Å². The number of para-hydroxylation sites is 2. The van der Waals surface area contributed by atoms with E-state index in [1.165, 1.54) is 11.3 Å². The highest BCUT2D eigenvalue weighted by atomic mass is 79.9. The van der Waals surface area contributed by atoms with Gasteiger partial charge in [-0.15, -0.1) is 0 Å². The molecule has 2 saturated heterocycles. The van der Waals surface area contributed by atoms with Crippen LogP contribution in [0.3, 0.4) is 0 Å². The fraction of sp³-hybridized carbons (Fsp3) is 0.355. The van der Waals surface area contributed by atoms with Crippen molar-refractivity contribution in [1.82, 2.24) is 19.4 Å². The lowest BCUT2D eigenvalue weighted by molar-refractivity contribution is -0.137. The quantitative estimate of drug-likeness (QED) is 0.310. The summed E-state index contributed by atoms with van der Waals surface area (Å²) in [6.07, 6.45) is 2.01. The van der Waals surface area contributed by atoms with Crippen molar-refractivity contribution in [1.29, 1.82) is 0 Å². The van der Waals surface area contributed by atoms with Gasteiger partial charge in [-0.3, -0.25) is 14.3 Å². The molecule has 38 heavy (non-hydrogen) atoms. The molecule has 196 valence electrons. The zero-order valence-corrected chi connectivity index (χ0v) is 23.5. The number of aryl methyl sites for hydroxylation is 1. The maximum Gasteiger partial charge on any atom is 0.227 e. The summed E-state index contributed by atoms with van der Waals surface area (Å²) < 4.78 is 3.32. The summed E-state index contributed by atoms with van der Waals surface area (Å²) >= 11 is 3.56. The average Bonchev–Trinajstić information content (AvgIpc) is 3.31. The Bertz CT molecular complexity index is 1410. The Morgan fingerprint density at radius 3 is 2.37 bits per heavy atom. The van der Waals surface area contributed by atoms with Gasteiger partial charge in [-0.1, -0.05) is 45.8 Å². The predicted octanol–water partition coefficient (Wildman–Crippen LogP) is 5.66. The molecule has 0 spiro atoms. The molecule has 0 unspecified atom stereocenters. The van der Waals surface area contributed by atoms with Crippen LogP contribution in [-0.2, 0) is 11.3 Å². The number of hydrogen-bond acceptors (Lipinski definition) is 4. The van der Waals surface area contributed by atoms with E-state index in [1.54, 1.807) is 0 Å². The smallest absolute Gasteiger partial charge is 0.227 e. The molecule has 0 saturated carbocycles. The molecule has 2 aliphatic heterocycles. The number of rotatable bonds is 5. The number of carbonyl (C=O) groups excluding carboxylic acids is 1. The minimum atomic E-state index is 0.0557. The molecule has 2 aliphatic rings. The van der Waals surface area contributed by atoms with Gasteiger partial charge in [0.15, 0.2) is 0 Å². The molecule has 6 nitrogen and oxygen atoms in total. The summed E-state index contributed by atoms with van der Waals surface area (Å²) in [4.78, 5) is 25.5. The SMILES string of the molecule is Cc1ccc(N2CCN(C(=O)[C@@H]3CCCN(Cc4nc5ccccc5n4-c4ccc(Br)cc4)C3)CC2)cc1. The zero-order chi connectivity index (χ0) is 26.1. The highest BCUT2D eigenvalue weighted by Crippen LogP contribution is 2.27. The molecule has 3 aromatic carbocycles. The van der Waals surface area contributed by atoms with Crippen molar-refractivity contribution in [3.05, 3.63) is 88.7 Å². The normalized spacial score (nSPS) is 18.7. The Balaban J connectivity index is 1.14. The van der Waals surface area contributed by atoms with Crippen molar-refractivity contribution in [3.63, 3.8) is 0 Å². The van der Waals surface area contributed by atoms with E-state index in [4.69, 9.17) is 4.98 Å². The molecule has 0 bridgehead atoms. The van der Waals surface area contributed by atoms with Gasteiger partial charge in [0.05, 0.1) is 23.5 Å². The van der Waals surface area contributed by atoms with E-state index in [-0.39, 0.29) is 5.92 Å². The van der Waals surface area contributed by atoms with Gasteiger partial charge in [-0.25, -0.2) is 4.98 Å². The summed E-state index contributed by atoms with van der Waals surface area (Å²) in [6, 6.07) is 25.4. The first-order valence-corrected chi connectivity index (χ1v) is 14.4. The van der Waals surface area contributed by atoms with E-state index in [2.05, 4.69) is 109 Å². The lowest BCUT2D eigenvalue weighted by Crippen LogP contribution is -2.52. The molecule has 7 heteroatoms. The number of fused-ring (bicyclic) bond motifs is 1. The van der Waals surface area contributed by atoms with Gasteiger partial charge in [-0.2, -0.15) is 0 Å². The minimum absolute atomic E-state index is 0.0557. The second-order valence-corrected chi connectivity index (χ2v) is 11.5. The maximum absolute atomic E-state index is 13.6. The Morgan fingerprint density at radius 2 is 1.61 bits per heavy atom. The molecular formula is C31H34BrN5O. The number of nitrogens with zero attached hydrogens (tertiary/aromatic N) is 5. The number of piperidine rings is 1. The standard InChI is InChI=1S/C31H34BrN5O/c1-23-8-12-26(13-9-23)35-17-19-36(20-18-35)31(38)24-5-4-16-34(21-24)22-30-33-28-6-2-3-7-29(28)37(30)27-14-10-25(32)11-15-27/h2-3,6-15,24H,4-5,16-22H2,1H3/t24-/m1/s1. The molecule has 1 amide bonds. The molecule has 0 radical (unpaired) electrons. The van der Waals surface area contributed by atoms with Crippen LogP contribution in [-0.4, -0.2) is 64.5 Å². The summed E-state index contributed by atoms with van der Waals surface area (Å²) in [5.74, 6) is 1.40. The van der Waals surface area contributed by atoms with Crippen LogP contribution < -0.4 is 4.90 Å². The van der Waals surface area contributed by atoms with Crippen LogP contribution in [0.25, 0.3) is 16.7 Å². The van der Waals surface area contributed by atoms with Gasteiger partial charge in [0.1, 0.15) is 5.82 Å². The van der Waals surface area contributed by atoms with E-state index in [0.29, 0.717) is 5.91 Å². The van der Waals surface area contributed by atoms with Gasteiger partial charge in [-0.05, 0) is 74.8 Å². The number of likely N-dealkylation sites (tertiary alicyclic amines) is 1. The van der Waals surface area contributed by atoms with E-state index in [0.717, 1.165) is 85.7 Å². The molecule has 6 rings (SSSR count). The van der Waals surface area contributed by atoms with Crippen molar-refractivity contribution in [2.45, 2.75) is 26.3 Å². The van der Waals surface area contributed by atoms with Gasteiger partial charge >= 0.3 is 0 Å². The summed E-state index contributed by atoms with van der Waals surface area (Å²) in [5.41, 5.74) is 5.74. The van der Waals surface area contributed by atoms with E-state index in [1.807, 2.05) is 6.07 Å². The van der Waals surface area contributed by atoms with Gasteiger partial charge < -0.3 is 9.80 Å². The molecule has 4 aromatic rings. The van der Waals surface area contributed by atoms with Crippen LogP contribution >= 0.6 is 15.9 Å². The number of anilines is 1. The van der Waals surface area contributed by atoms with Crippen molar-refractivity contribution < 1.29 is 4.79 Å². The number of aromatic nitrogens is 2. The molecule has 0 aliphatic carbocycles. The van der Waals surface area contributed by atoms with Crippen molar-refractivity contribution in [2.24, 2.45) is 5.92 Å². The average molecular weight is 573 g/mol. The fourth-order valence-corrected chi connectivity index (χ4v) is 6.12. The number of hydrogen-bond donors (Lipinski definition) is 0. The maximum atomic E-state index is 13.6. The van der Waals surface area contributed by atoms with Crippen molar-refractivity contribution in [2.75, 3.05) is 44.2 Å². The van der Waals surface area contributed by atoms with Crippen molar-refractivity contribution >= 4 is 38.6 Å². The number of imidazole rings is 1. The van der Waals surface area contributed by atoms with Gasteiger partial charge in [0.25, 0.3) is 0 Å². The largest absolute Gasteiger partial charge is 0.368 e. The van der Waals surface area contributed by atoms with Crippen LogP contribution in [0.4, 0.5) is 5.69 Å². The molecule has 0 N–H and O–H groups in total. The highest BCUT2D eigenvalue weighted by Gasteiger charge is 2.31. The summed E-state index contributed by atoms with van der Waals surface area (Å²) in [6.45, 7) is 8.01. The number of halogens is 1. The number of amides is 1. The summed E-state index contributed by atoms with van der Waals surface area (Å²) in [7, 11) is 0. The monoisotopic (exact) mass is 571 g/mol. The molecule has 1 atom stereocenters. The van der Waals surface area contributed by atoms with E-state index >= 15 is 0 Å². The lowest BCUT2D eigenvalue weighted by Gasteiger charge is -2.39. The second-order valence-electron chi connectivity index (χ2n) is 10.6. The number of carbonyl (C=O) groups is 1. The highest BCUT2D eigenvalue weighted by molar-refractivity contribution is 9.10. The van der Waals surface area contributed by atoms with Crippen LogP contribution in [0.2, 0.25) is 0 Å². The minimum Gasteiger partial charge on any atom is -0.368 e. The third kappa shape index (κ3) is 5.22. The predicted molar refractivity (Wildman–Crippen MR) is 157 cm³/mol. The van der Waals surface area contributed by atoms with Crippen LogP contribution in [0.5, 0.6) is 0 Å². The zero-order valence-electron chi connectivity index (χ0n) is 21.9. The third-order valence-corrected chi connectivity index (χ3v) is 8.45. The number of piperazine rings is 1. The first kappa shape index (κ1) is 25.1. The molecule has 1 aromatic heterocycles. The van der Waals surface area contributed by atoms with E-state index in [9.17, 15) is 4.79 Å². The third-order valence-electron chi connectivity index (χ3n) is 7.93. The Labute approximate surface area is 233 Å². The summed E-state index contributed by atoms with van der Waals surface area (Å²) in [5, 5.41) is 0. The lowest BCUT2D eigenvalue weighted by atomic mass is 9.96. The first-order chi connectivity index (χ1) is 18.5. The topological polar surface area (TPSA) is 44.6 Å². The Kier molecular flexibility index (Phi) is 7.22. The van der Waals surface area contributed by atoms with Gasteiger partial charge in [0.2, 0.25) is 5.91 Å². The molecule has 3 heterocycles. The molecular weight excluding hydrogens is 538 g/mol.